The zero-order valence-electron chi connectivity index (χ0n) is 20.2. The molecule has 1 aliphatic carbocycles. The van der Waals surface area contributed by atoms with E-state index in [9.17, 15) is 0 Å². The SMILES string of the molecule is C1=C[N+]2(N(c3cccc(OCc4ccccc4)c3)C3CC(CN4CCCCC4)C3)C=NC=C2C=N1. The number of likely N-dealkylation sites (tertiary alicyclic amines) is 1. The quantitative estimate of drug-likeness (QED) is 0.480. The summed E-state index contributed by atoms with van der Waals surface area (Å²) in [5.41, 5.74) is 3.39. The van der Waals surface area contributed by atoms with Crippen molar-refractivity contribution in [1.29, 1.82) is 0 Å². The molecule has 3 aliphatic heterocycles. The van der Waals surface area contributed by atoms with Gasteiger partial charge in [-0.05, 0) is 62.4 Å². The fourth-order valence-corrected chi connectivity index (χ4v) is 5.82. The van der Waals surface area contributed by atoms with Gasteiger partial charge in [-0.25, -0.2) is 10.0 Å². The zero-order chi connectivity index (χ0) is 23.5. The molecule has 0 amide bonds. The Morgan fingerprint density at radius 3 is 2.69 bits per heavy atom. The minimum Gasteiger partial charge on any atom is -0.489 e. The molecule has 0 N–H and O–H groups in total. The Balaban J connectivity index is 1.23. The second kappa shape index (κ2) is 9.80. The molecule has 4 aliphatic rings. The van der Waals surface area contributed by atoms with Crippen molar-refractivity contribution in [2.45, 2.75) is 44.8 Å². The van der Waals surface area contributed by atoms with Crippen molar-refractivity contribution in [1.82, 2.24) is 4.90 Å². The number of piperidine rings is 1. The van der Waals surface area contributed by atoms with Gasteiger partial charge in [-0.2, -0.15) is 0 Å². The van der Waals surface area contributed by atoms with Crippen LogP contribution in [-0.2, 0) is 6.61 Å². The number of hydrogen-bond donors (Lipinski definition) is 0. The highest BCUT2D eigenvalue weighted by Gasteiger charge is 2.49. The Bertz CT molecular complexity index is 1140. The fraction of sp³-hybridized carbons (Fsp3) is 0.379. The van der Waals surface area contributed by atoms with Crippen LogP contribution in [0.5, 0.6) is 5.75 Å². The molecule has 2 aromatic carbocycles. The molecule has 0 aromatic heterocycles. The number of anilines is 1. The van der Waals surface area contributed by atoms with Crippen molar-refractivity contribution in [2.75, 3.05) is 24.6 Å². The summed E-state index contributed by atoms with van der Waals surface area (Å²) in [4.78, 5) is 11.6. The van der Waals surface area contributed by atoms with E-state index in [1.807, 2.05) is 37.1 Å². The highest BCUT2D eigenvalue weighted by atomic mass is 16.5. The molecule has 35 heavy (non-hydrogen) atoms. The summed E-state index contributed by atoms with van der Waals surface area (Å²) in [6.07, 6.45) is 16.4. The van der Waals surface area contributed by atoms with E-state index in [4.69, 9.17) is 4.74 Å². The predicted molar refractivity (Wildman–Crippen MR) is 141 cm³/mol. The maximum Gasteiger partial charge on any atom is 0.225 e. The molecule has 1 saturated heterocycles. The van der Waals surface area contributed by atoms with E-state index in [1.165, 1.54) is 57.3 Å². The molecule has 6 nitrogen and oxygen atoms in total. The molecule has 180 valence electrons. The molecule has 1 saturated carbocycles. The van der Waals surface area contributed by atoms with Crippen molar-refractivity contribution in [3.8, 4) is 5.75 Å². The number of ether oxygens (including phenoxy) is 1. The molecule has 2 aromatic rings. The van der Waals surface area contributed by atoms with E-state index in [1.54, 1.807) is 0 Å². The van der Waals surface area contributed by atoms with Gasteiger partial charge in [0, 0.05) is 12.6 Å². The van der Waals surface area contributed by atoms with Crippen LogP contribution in [0.2, 0.25) is 0 Å². The van der Waals surface area contributed by atoms with E-state index < -0.39 is 0 Å². The summed E-state index contributed by atoms with van der Waals surface area (Å²) in [5, 5.41) is 2.51. The summed E-state index contributed by atoms with van der Waals surface area (Å²) in [5.74, 6) is 1.64. The third kappa shape index (κ3) is 4.56. The molecular formula is C29H34N5O+. The van der Waals surface area contributed by atoms with Gasteiger partial charge in [0.25, 0.3) is 0 Å². The first kappa shape index (κ1) is 22.3. The van der Waals surface area contributed by atoms with Gasteiger partial charge in [0.15, 0.2) is 6.20 Å². The van der Waals surface area contributed by atoms with Crippen LogP contribution in [0, 0.1) is 5.92 Å². The Hall–Kier alpha value is -3.22. The molecule has 3 heterocycles. The van der Waals surface area contributed by atoms with Crippen molar-refractivity contribution in [2.24, 2.45) is 15.9 Å². The van der Waals surface area contributed by atoms with Crippen molar-refractivity contribution < 1.29 is 9.33 Å². The van der Waals surface area contributed by atoms with E-state index in [2.05, 4.69) is 68.6 Å². The summed E-state index contributed by atoms with van der Waals surface area (Å²) >= 11 is 0. The van der Waals surface area contributed by atoms with Gasteiger partial charge in [-0.1, -0.05) is 42.8 Å². The number of aliphatic imine (C=N–C) groups is 2. The van der Waals surface area contributed by atoms with Gasteiger partial charge < -0.3 is 9.64 Å². The van der Waals surface area contributed by atoms with Crippen LogP contribution in [0.3, 0.4) is 0 Å². The lowest BCUT2D eigenvalue weighted by Gasteiger charge is -2.50. The van der Waals surface area contributed by atoms with Crippen molar-refractivity contribution in [3.63, 3.8) is 0 Å². The first-order valence-corrected chi connectivity index (χ1v) is 12.9. The van der Waals surface area contributed by atoms with Crippen molar-refractivity contribution >= 4 is 18.2 Å². The third-order valence-electron chi connectivity index (χ3n) is 7.66. The average molecular weight is 469 g/mol. The minimum atomic E-state index is 0.429. The molecular weight excluding hydrogens is 434 g/mol. The summed E-state index contributed by atoms with van der Waals surface area (Å²) < 4.78 is 6.66. The predicted octanol–water partition coefficient (Wildman–Crippen LogP) is 5.51. The van der Waals surface area contributed by atoms with Crippen molar-refractivity contribution in [3.05, 3.63) is 84.5 Å². The molecule has 0 radical (unpaired) electrons. The molecule has 6 rings (SSSR count). The van der Waals surface area contributed by atoms with Crippen LogP contribution < -0.4 is 9.75 Å². The Kier molecular flexibility index (Phi) is 6.23. The van der Waals surface area contributed by atoms with E-state index in [0.717, 1.165) is 23.1 Å². The standard InChI is InChI=1S/C29H34N5O/c1-3-8-24(9-4-1)22-35-29-11-7-10-26(18-29)33(34-15-12-30-19-28(34)20-31-23-34)27-16-25(17-27)21-32-13-5-2-6-14-32/h1,3-4,7-12,15,18-20,23,25,27H,2,5-6,13-14,16-17,21-22H2/q+1. The van der Waals surface area contributed by atoms with Gasteiger partial charge in [-0.3, -0.25) is 4.99 Å². The molecule has 6 heteroatoms. The Labute approximate surface area is 208 Å². The average Bonchev–Trinajstić information content (AvgIpc) is 3.32. The van der Waals surface area contributed by atoms with E-state index >= 15 is 0 Å². The number of fused-ring (bicyclic) bond motifs is 1. The number of quaternary nitrogens is 1. The summed E-state index contributed by atoms with van der Waals surface area (Å²) in [6, 6.07) is 19.3. The fourth-order valence-electron chi connectivity index (χ4n) is 5.82. The topological polar surface area (TPSA) is 40.4 Å². The Morgan fingerprint density at radius 1 is 0.971 bits per heavy atom. The molecule has 1 unspecified atom stereocenters. The van der Waals surface area contributed by atoms with Crippen LogP contribution >= 0.6 is 0 Å². The lowest BCUT2D eigenvalue weighted by Crippen LogP contribution is -2.63. The van der Waals surface area contributed by atoms with Gasteiger partial charge >= 0.3 is 0 Å². The van der Waals surface area contributed by atoms with Gasteiger partial charge in [0.1, 0.15) is 12.4 Å². The monoisotopic (exact) mass is 468 g/mol. The second-order valence-corrected chi connectivity index (χ2v) is 10.1. The number of rotatable bonds is 8. The van der Waals surface area contributed by atoms with Gasteiger partial charge in [0.2, 0.25) is 12.0 Å². The van der Waals surface area contributed by atoms with Crippen LogP contribution in [0.4, 0.5) is 5.69 Å². The van der Waals surface area contributed by atoms with Crippen LogP contribution in [0.25, 0.3) is 0 Å². The summed E-state index contributed by atoms with van der Waals surface area (Å²) in [6.45, 7) is 4.33. The third-order valence-corrected chi connectivity index (χ3v) is 7.66. The van der Waals surface area contributed by atoms with Crippen LogP contribution in [0.1, 0.15) is 37.7 Å². The largest absolute Gasteiger partial charge is 0.489 e. The van der Waals surface area contributed by atoms with Gasteiger partial charge in [0.05, 0.1) is 30.3 Å². The molecule has 0 spiro atoms. The number of nitrogens with zero attached hydrogens (tertiary/aromatic N) is 5. The second-order valence-electron chi connectivity index (χ2n) is 10.1. The Morgan fingerprint density at radius 2 is 1.83 bits per heavy atom. The lowest BCUT2D eigenvalue weighted by atomic mass is 9.79. The summed E-state index contributed by atoms with van der Waals surface area (Å²) in [7, 11) is 0. The number of allylic oxidation sites excluding steroid dienone is 1. The molecule has 2 fully saturated rings. The number of benzene rings is 2. The van der Waals surface area contributed by atoms with Gasteiger partial charge in [-0.15, -0.1) is 4.59 Å². The van der Waals surface area contributed by atoms with E-state index in [0.29, 0.717) is 17.2 Å². The van der Waals surface area contributed by atoms with E-state index in [-0.39, 0.29) is 0 Å². The minimum absolute atomic E-state index is 0.429. The van der Waals surface area contributed by atoms with Crippen LogP contribution in [0.15, 0.2) is 88.9 Å². The smallest absolute Gasteiger partial charge is 0.225 e. The maximum atomic E-state index is 6.20. The first-order chi connectivity index (χ1) is 17.3. The zero-order valence-corrected chi connectivity index (χ0v) is 20.2. The number of hydrogen-bond acceptors (Lipinski definition) is 5. The lowest BCUT2D eigenvalue weighted by molar-refractivity contribution is -0.747. The molecule has 1 atom stereocenters. The normalized spacial score (nSPS) is 27.3. The highest BCUT2D eigenvalue weighted by Crippen LogP contribution is 2.42. The maximum absolute atomic E-state index is 6.20. The first-order valence-electron chi connectivity index (χ1n) is 12.9. The highest BCUT2D eigenvalue weighted by molar-refractivity contribution is 5.82. The molecule has 0 bridgehead atoms. The van der Waals surface area contributed by atoms with Crippen LogP contribution in [-0.4, -0.2) is 47.7 Å².